The van der Waals surface area contributed by atoms with Crippen molar-refractivity contribution in [3.63, 3.8) is 0 Å². The van der Waals surface area contributed by atoms with Gasteiger partial charge in [-0.05, 0) is 11.5 Å². The number of carbonyl (C=O) groups is 2. The number of H-pyrrole nitrogens is 1. The lowest BCUT2D eigenvalue weighted by Gasteiger charge is -2.19. The fraction of sp³-hybridized carbons (Fsp3) is 0.143. The van der Waals surface area contributed by atoms with Crippen molar-refractivity contribution < 1.29 is 9.59 Å². The summed E-state index contributed by atoms with van der Waals surface area (Å²) >= 11 is 1.44. The fourth-order valence-corrected chi connectivity index (χ4v) is 2.72. The number of ketones is 1. The van der Waals surface area contributed by atoms with Crippen LogP contribution < -0.4 is 0 Å². The second kappa shape index (κ2) is 4.93. The smallest absolute Gasteiger partial charge is 0.237 e. The zero-order valence-corrected chi connectivity index (χ0v) is 10.9. The van der Waals surface area contributed by atoms with Gasteiger partial charge in [0.15, 0.2) is 5.78 Å². The molecule has 5 heteroatoms. The minimum atomic E-state index is -0.0534. The van der Waals surface area contributed by atoms with Crippen LogP contribution in [-0.4, -0.2) is 33.9 Å². The predicted molar refractivity (Wildman–Crippen MR) is 75.9 cm³/mol. The first kappa shape index (κ1) is 12.0. The molecule has 2 heterocycles. The van der Waals surface area contributed by atoms with E-state index in [-0.39, 0.29) is 18.2 Å². The van der Waals surface area contributed by atoms with Crippen molar-refractivity contribution in [2.75, 3.05) is 12.3 Å². The molecule has 0 saturated heterocycles. The zero-order chi connectivity index (χ0) is 13.2. The number of amides is 1. The first-order valence-corrected chi connectivity index (χ1v) is 6.97. The van der Waals surface area contributed by atoms with Crippen LogP contribution in [0.2, 0.25) is 0 Å². The van der Waals surface area contributed by atoms with Crippen molar-refractivity contribution in [3.05, 3.63) is 47.6 Å². The number of aromatic nitrogens is 1. The van der Waals surface area contributed by atoms with Gasteiger partial charge in [0.2, 0.25) is 5.91 Å². The molecule has 0 fully saturated rings. The van der Waals surface area contributed by atoms with E-state index in [0.717, 1.165) is 10.9 Å². The molecule has 1 amide bonds. The summed E-state index contributed by atoms with van der Waals surface area (Å²) in [4.78, 5) is 28.5. The average Bonchev–Trinajstić information content (AvgIpc) is 2.85. The second-order valence-corrected chi connectivity index (χ2v) is 5.18. The summed E-state index contributed by atoms with van der Waals surface area (Å²) in [5.74, 6) is 0.320. The Kier molecular flexibility index (Phi) is 3.13. The zero-order valence-electron chi connectivity index (χ0n) is 10.1. The van der Waals surface area contributed by atoms with E-state index in [1.165, 1.54) is 16.7 Å². The highest BCUT2D eigenvalue weighted by Crippen LogP contribution is 2.19. The molecule has 3 rings (SSSR count). The highest BCUT2D eigenvalue weighted by Gasteiger charge is 2.20. The molecule has 0 spiro atoms. The van der Waals surface area contributed by atoms with E-state index >= 15 is 0 Å². The maximum absolute atomic E-state index is 12.3. The van der Waals surface area contributed by atoms with Gasteiger partial charge in [-0.3, -0.25) is 9.59 Å². The number of benzene rings is 1. The number of hydrogen-bond donors (Lipinski definition) is 1. The summed E-state index contributed by atoms with van der Waals surface area (Å²) in [6.07, 6.45) is 3.38. The van der Waals surface area contributed by atoms with Gasteiger partial charge in [0.05, 0.1) is 12.3 Å². The predicted octanol–water partition coefficient (Wildman–Crippen LogP) is 2.40. The summed E-state index contributed by atoms with van der Waals surface area (Å²) in [7, 11) is 0. The quantitative estimate of drug-likeness (QED) is 0.873. The van der Waals surface area contributed by atoms with E-state index in [9.17, 15) is 9.59 Å². The Morgan fingerprint density at radius 3 is 3.05 bits per heavy atom. The Balaban J connectivity index is 1.86. The lowest BCUT2D eigenvalue weighted by molar-refractivity contribution is -0.125. The number of para-hydroxylation sites is 1. The number of Topliss-reactive ketones (excluding diaryl/α,β-unsaturated/α-hetero) is 1. The molecule has 96 valence electrons. The van der Waals surface area contributed by atoms with E-state index < -0.39 is 0 Å². The molecule has 0 unspecified atom stereocenters. The number of hydrogen-bond acceptors (Lipinski definition) is 3. The second-order valence-electron chi connectivity index (χ2n) is 4.29. The summed E-state index contributed by atoms with van der Waals surface area (Å²) in [5.41, 5.74) is 1.57. The lowest BCUT2D eigenvalue weighted by atomic mass is 10.1. The van der Waals surface area contributed by atoms with Crippen molar-refractivity contribution in [2.24, 2.45) is 0 Å². The standard InChI is InChI=1S/C14H12N2O2S/c17-13(8-16-5-6-19-9-14(16)18)11-7-15-12-4-2-1-3-10(11)12/h1-7,15H,8-9H2. The van der Waals surface area contributed by atoms with Gasteiger partial charge in [-0.25, -0.2) is 0 Å². The van der Waals surface area contributed by atoms with Gasteiger partial charge in [0, 0.05) is 28.9 Å². The SMILES string of the molecule is O=C(CN1C=CSCC1=O)c1c[nH]c2ccccc12. The third-order valence-electron chi connectivity index (χ3n) is 3.07. The van der Waals surface area contributed by atoms with Crippen LogP contribution in [0.3, 0.4) is 0 Å². The molecule has 0 bridgehead atoms. The van der Waals surface area contributed by atoms with Crippen molar-refractivity contribution in [1.29, 1.82) is 0 Å². The van der Waals surface area contributed by atoms with E-state index in [2.05, 4.69) is 4.98 Å². The molecule has 1 N–H and O–H groups in total. The molecule has 19 heavy (non-hydrogen) atoms. The van der Waals surface area contributed by atoms with Crippen molar-refractivity contribution >= 4 is 34.4 Å². The number of rotatable bonds is 3. The Bertz CT molecular complexity index is 675. The van der Waals surface area contributed by atoms with E-state index in [1.54, 1.807) is 12.4 Å². The van der Waals surface area contributed by atoms with Gasteiger partial charge in [-0.15, -0.1) is 11.8 Å². The third-order valence-corrected chi connectivity index (χ3v) is 3.80. The molecule has 1 aliphatic heterocycles. The molecule has 1 aromatic heterocycles. The van der Waals surface area contributed by atoms with Crippen LogP contribution in [0.5, 0.6) is 0 Å². The third kappa shape index (κ3) is 2.29. The van der Waals surface area contributed by atoms with Crippen LogP contribution >= 0.6 is 11.8 Å². The maximum atomic E-state index is 12.3. The van der Waals surface area contributed by atoms with Crippen LogP contribution in [0.25, 0.3) is 10.9 Å². The molecule has 0 aliphatic carbocycles. The van der Waals surface area contributed by atoms with Crippen molar-refractivity contribution in [1.82, 2.24) is 9.88 Å². The van der Waals surface area contributed by atoms with Gasteiger partial charge >= 0.3 is 0 Å². The summed E-state index contributed by atoms with van der Waals surface area (Å²) in [6.45, 7) is 0.0950. The van der Waals surface area contributed by atoms with Crippen molar-refractivity contribution in [3.8, 4) is 0 Å². The van der Waals surface area contributed by atoms with Crippen LogP contribution in [0.1, 0.15) is 10.4 Å². The van der Waals surface area contributed by atoms with Crippen LogP contribution in [-0.2, 0) is 4.79 Å². The molecule has 1 aliphatic rings. The van der Waals surface area contributed by atoms with Gasteiger partial charge in [0.1, 0.15) is 0 Å². The van der Waals surface area contributed by atoms with E-state index in [1.807, 2.05) is 29.7 Å². The van der Waals surface area contributed by atoms with Crippen LogP contribution in [0, 0.1) is 0 Å². The van der Waals surface area contributed by atoms with E-state index in [0.29, 0.717) is 11.3 Å². The monoisotopic (exact) mass is 272 g/mol. The molecule has 0 radical (unpaired) electrons. The largest absolute Gasteiger partial charge is 0.360 e. The number of nitrogens with zero attached hydrogens (tertiary/aromatic N) is 1. The lowest BCUT2D eigenvalue weighted by Crippen LogP contribution is -2.33. The fourth-order valence-electron chi connectivity index (χ4n) is 2.08. The molecule has 2 aromatic rings. The number of aromatic amines is 1. The minimum Gasteiger partial charge on any atom is -0.360 e. The number of carbonyl (C=O) groups excluding carboxylic acids is 2. The number of fused-ring (bicyclic) bond motifs is 1. The van der Waals surface area contributed by atoms with Gasteiger partial charge in [-0.2, -0.15) is 0 Å². The Hall–Kier alpha value is -2.01. The molecule has 1 aromatic carbocycles. The Labute approximate surface area is 114 Å². The molecule has 0 atom stereocenters. The van der Waals surface area contributed by atoms with Crippen molar-refractivity contribution in [2.45, 2.75) is 0 Å². The normalized spacial score (nSPS) is 15.2. The molecule has 0 saturated carbocycles. The number of nitrogens with one attached hydrogen (secondary N) is 1. The molecular formula is C14H12N2O2S. The maximum Gasteiger partial charge on any atom is 0.237 e. The topological polar surface area (TPSA) is 53.2 Å². The highest BCUT2D eigenvalue weighted by atomic mass is 32.2. The van der Waals surface area contributed by atoms with Crippen LogP contribution in [0.15, 0.2) is 42.1 Å². The minimum absolute atomic E-state index is 0.0271. The Morgan fingerprint density at radius 2 is 2.21 bits per heavy atom. The summed E-state index contributed by atoms with van der Waals surface area (Å²) in [5, 5.41) is 2.74. The van der Waals surface area contributed by atoms with Gasteiger partial charge < -0.3 is 9.88 Å². The number of thioether (sulfide) groups is 1. The highest BCUT2D eigenvalue weighted by molar-refractivity contribution is 8.02. The van der Waals surface area contributed by atoms with Gasteiger partial charge in [0.25, 0.3) is 0 Å². The Morgan fingerprint density at radius 1 is 1.37 bits per heavy atom. The molecular weight excluding hydrogens is 260 g/mol. The van der Waals surface area contributed by atoms with E-state index in [4.69, 9.17) is 0 Å². The average molecular weight is 272 g/mol. The first-order valence-electron chi connectivity index (χ1n) is 5.93. The van der Waals surface area contributed by atoms with Gasteiger partial charge in [-0.1, -0.05) is 18.2 Å². The summed E-state index contributed by atoms with van der Waals surface area (Å²) < 4.78 is 0. The summed E-state index contributed by atoms with van der Waals surface area (Å²) in [6, 6.07) is 7.65. The first-order chi connectivity index (χ1) is 9.25. The van der Waals surface area contributed by atoms with Crippen LogP contribution in [0.4, 0.5) is 0 Å². The molecule has 4 nitrogen and oxygen atoms in total.